The third-order valence-corrected chi connectivity index (χ3v) is 4.93. The fourth-order valence-electron chi connectivity index (χ4n) is 3.50. The minimum Gasteiger partial charge on any atom is -0.454 e. The Bertz CT molecular complexity index is 1150. The van der Waals surface area contributed by atoms with E-state index in [9.17, 15) is 0 Å². The molecule has 0 fully saturated rings. The van der Waals surface area contributed by atoms with Gasteiger partial charge in [-0.1, -0.05) is 30.3 Å². The molecular formula is C22H19N3O2. The van der Waals surface area contributed by atoms with Crippen molar-refractivity contribution in [2.24, 2.45) is 5.73 Å². The van der Waals surface area contributed by atoms with Crippen LogP contribution >= 0.6 is 0 Å². The van der Waals surface area contributed by atoms with Crippen LogP contribution in [0.15, 0.2) is 67.0 Å². The Labute approximate surface area is 157 Å². The fraction of sp³-hybridized carbons (Fsp3) is 0.136. The summed E-state index contributed by atoms with van der Waals surface area (Å²) < 4.78 is 13.3. The van der Waals surface area contributed by atoms with E-state index in [2.05, 4.69) is 45.9 Å². The molecule has 1 aliphatic heterocycles. The minimum absolute atomic E-state index is 0.00901. The summed E-state index contributed by atoms with van der Waals surface area (Å²) in [6.45, 7) is 2.24. The number of hydrogen-bond donors (Lipinski definition) is 1. The number of rotatable bonds is 3. The Morgan fingerprint density at radius 2 is 1.93 bits per heavy atom. The number of nitrogens with two attached hydrogens (primary N) is 1. The Morgan fingerprint density at radius 3 is 2.81 bits per heavy atom. The van der Waals surface area contributed by atoms with Crippen LogP contribution in [0.3, 0.4) is 0 Å². The molecule has 1 aliphatic rings. The molecule has 0 amide bonds. The van der Waals surface area contributed by atoms with E-state index < -0.39 is 0 Å². The molecule has 2 N–H and O–H groups in total. The van der Waals surface area contributed by atoms with E-state index in [1.165, 1.54) is 0 Å². The summed E-state index contributed by atoms with van der Waals surface area (Å²) in [6, 6.07) is 20.5. The molecule has 0 unspecified atom stereocenters. The third kappa shape index (κ3) is 2.64. The monoisotopic (exact) mass is 357 g/mol. The lowest BCUT2D eigenvalue weighted by Crippen LogP contribution is -2.04. The molecule has 5 nitrogen and oxygen atoms in total. The van der Waals surface area contributed by atoms with Crippen LogP contribution in [0.5, 0.6) is 11.5 Å². The van der Waals surface area contributed by atoms with Crippen LogP contribution in [-0.4, -0.2) is 16.3 Å². The molecule has 1 aromatic heterocycles. The van der Waals surface area contributed by atoms with Crippen LogP contribution in [0.1, 0.15) is 18.5 Å². The van der Waals surface area contributed by atoms with Gasteiger partial charge in [0.1, 0.15) is 6.33 Å². The van der Waals surface area contributed by atoms with Crippen LogP contribution in [0.2, 0.25) is 0 Å². The van der Waals surface area contributed by atoms with Crippen molar-refractivity contribution in [3.8, 4) is 28.3 Å². The summed E-state index contributed by atoms with van der Waals surface area (Å²) in [5, 5.41) is 0. The van der Waals surface area contributed by atoms with Crippen molar-refractivity contribution in [1.82, 2.24) is 9.55 Å². The van der Waals surface area contributed by atoms with Gasteiger partial charge in [0.2, 0.25) is 6.79 Å². The molecule has 134 valence electrons. The summed E-state index contributed by atoms with van der Waals surface area (Å²) in [5.74, 6) is 1.58. The average molecular weight is 357 g/mol. The van der Waals surface area contributed by atoms with E-state index in [0.717, 1.165) is 44.9 Å². The highest BCUT2D eigenvalue weighted by Gasteiger charge is 2.18. The molecule has 1 atom stereocenters. The number of imidazole rings is 1. The molecule has 0 saturated carbocycles. The van der Waals surface area contributed by atoms with E-state index in [0.29, 0.717) is 0 Å². The molecular weight excluding hydrogens is 338 g/mol. The first-order valence-electron chi connectivity index (χ1n) is 8.93. The molecule has 2 heterocycles. The number of para-hydroxylation sites is 1. The second-order valence-corrected chi connectivity index (χ2v) is 6.74. The smallest absolute Gasteiger partial charge is 0.231 e. The highest BCUT2D eigenvalue weighted by molar-refractivity contribution is 5.80. The SMILES string of the molecule is C[C@@H](N)c1ccc2c(c1)ncn2-c1cccc(-c2cccc3c2OCO3)c1. The number of fused-ring (bicyclic) bond motifs is 2. The Morgan fingerprint density at radius 1 is 1.04 bits per heavy atom. The Kier molecular flexibility index (Phi) is 3.62. The van der Waals surface area contributed by atoms with Crippen molar-refractivity contribution in [3.63, 3.8) is 0 Å². The first-order valence-corrected chi connectivity index (χ1v) is 8.93. The van der Waals surface area contributed by atoms with Crippen molar-refractivity contribution < 1.29 is 9.47 Å². The molecule has 27 heavy (non-hydrogen) atoms. The van der Waals surface area contributed by atoms with Crippen LogP contribution < -0.4 is 15.2 Å². The summed E-state index contributed by atoms with van der Waals surface area (Å²) in [7, 11) is 0. The van der Waals surface area contributed by atoms with Gasteiger partial charge in [0.05, 0.1) is 11.0 Å². The molecule has 0 spiro atoms. The number of ether oxygens (including phenoxy) is 2. The molecule has 0 bridgehead atoms. The standard InChI is InChI=1S/C22H19N3O2/c1-14(23)15-8-9-20-19(11-15)24-12-25(20)17-5-2-4-16(10-17)18-6-3-7-21-22(18)27-13-26-21/h2-12,14H,13,23H2,1H3/t14-/m1/s1. The second-order valence-electron chi connectivity index (χ2n) is 6.74. The highest BCUT2D eigenvalue weighted by Crippen LogP contribution is 2.41. The lowest BCUT2D eigenvalue weighted by Gasteiger charge is -2.10. The van der Waals surface area contributed by atoms with Gasteiger partial charge in [0.25, 0.3) is 0 Å². The molecule has 0 saturated heterocycles. The van der Waals surface area contributed by atoms with Crippen LogP contribution in [0.25, 0.3) is 27.8 Å². The van der Waals surface area contributed by atoms with Crippen molar-refractivity contribution >= 4 is 11.0 Å². The summed E-state index contributed by atoms with van der Waals surface area (Å²) in [6.07, 6.45) is 1.85. The summed E-state index contributed by atoms with van der Waals surface area (Å²) in [4.78, 5) is 4.56. The van der Waals surface area contributed by atoms with Crippen molar-refractivity contribution in [3.05, 3.63) is 72.6 Å². The van der Waals surface area contributed by atoms with Crippen molar-refractivity contribution in [2.75, 3.05) is 6.79 Å². The molecule has 5 rings (SSSR count). The van der Waals surface area contributed by atoms with Gasteiger partial charge in [0.15, 0.2) is 11.5 Å². The summed E-state index contributed by atoms with van der Waals surface area (Å²) in [5.41, 5.74) is 12.2. The average Bonchev–Trinajstić information content (AvgIpc) is 3.34. The lowest BCUT2D eigenvalue weighted by molar-refractivity contribution is 0.174. The molecule has 5 heteroatoms. The zero-order valence-corrected chi connectivity index (χ0v) is 14.9. The number of nitrogens with zero attached hydrogens (tertiary/aromatic N) is 2. The molecule has 3 aromatic carbocycles. The van der Waals surface area contributed by atoms with Gasteiger partial charge in [-0.15, -0.1) is 0 Å². The van der Waals surface area contributed by atoms with Gasteiger partial charge in [-0.05, 0) is 48.4 Å². The van der Waals surface area contributed by atoms with Crippen molar-refractivity contribution in [2.45, 2.75) is 13.0 Å². The largest absolute Gasteiger partial charge is 0.454 e. The normalized spacial score (nSPS) is 13.9. The predicted molar refractivity (Wildman–Crippen MR) is 105 cm³/mol. The fourth-order valence-corrected chi connectivity index (χ4v) is 3.50. The Balaban J connectivity index is 1.61. The van der Waals surface area contributed by atoms with Gasteiger partial charge in [0, 0.05) is 17.3 Å². The van der Waals surface area contributed by atoms with Gasteiger partial charge in [-0.25, -0.2) is 4.98 Å². The van der Waals surface area contributed by atoms with Gasteiger partial charge >= 0.3 is 0 Å². The molecule has 0 aliphatic carbocycles. The van der Waals surface area contributed by atoms with Crippen LogP contribution in [-0.2, 0) is 0 Å². The zero-order chi connectivity index (χ0) is 18.4. The third-order valence-electron chi connectivity index (χ3n) is 4.93. The van der Waals surface area contributed by atoms with E-state index in [1.54, 1.807) is 0 Å². The van der Waals surface area contributed by atoms with Gasteiger partial charge in [-0.2, -0.15) is 0 Å². The number of aromatic nitrogens is 2. The number of benzene rings is 3. The second kappa shape index (κ2) is 6.14. The number of hydrogen-bond acceptors (Lipinski definition) is 4. The van der Waals surface area contributed by atoms with Crippen LogP contribution in [0.4, 0.5) is 0 Å². The van der Waals surface area contributed by atoms with Crippen LogP contribution in [0, 0.1) is 0 Å². The van der Waals surface area contributed by atoms with E-state index in [4.69, 9.17) is 15.2 Å². The first-order chi connectivity index (χ1) is 13.2. The molecule has 0 radical (unpaired) electrons. The minimum atomic E-state index is -0.00901. The highest BCUT2D eigenvalue weighted by atomic mass is 16.7. The van der Waals surface area contributed by atoms with E-state index in [1.807, 2.05) is 37.5 Å². The van der Waals surface area contributed by atoms with Gasteiger partial charge in [-0.3, -0.25) is 4.57 Å². The maximum Gasteiger partial charge on any atom is 0.231 e. The zero-order valence-electron chi connectivity index (χ0n) is 14.9. The maximum absolute atomic E-state index is 5.99. The quantitative estimate of drug-likeness (QED) is 0.589. The summed E-state index contributed by atoms with van der Waals surface area (Å²) >= 11 is 0. The molecule has 4 aromatic rings. The van der Waals surface area contributed by atoms with E-state index in [-0.39, 0.29) is 12.8 Å². The predicted octanol–water partition coefficient (Wildman–Crippen LogP) is 4.44. The topological polar surface area (TPSA) is 62.3 Å². The first kappa shape index (κ1) is 15.9. The van der Waals surface area contributed by atoms with E-state index >= 15 is 0 Å². The maximum atomic E-state index is 5.99. The lowest BCUT2D eigenvalue weighted by atomic mass is 10.0. The Hall–Kier alpha value is -3.31. The van der Waals surface area contributed by atoms with Crippen molar-refractivity contribution in [1.29, 1.82) is 0 Å². The van der Waals surface area contributed by atoms with Gasteiger partial charge < -0.3 is 15.2 Å².